The van der Waals surface area contributed by atoms with Gasteiger partial charge in [-0.05, 0) is 68.4 Å². The number of amides is 1. The number of benzene rings is 1. The summed E-state index contributed by atoms with van der Waals surface area (Å²) < 4.78 is 6.76. The van der Waals surface area contributed by atoms with Crippen molar-refractivity contribution in [3.63, 3.8) is 0 Å². The first-order valence-electron chi connectivity index (χ1n) is 13.8. The molecule has 2 fully saturated rings. The maximum Gasteiger partial charge on any atom is 0.305 e. The lowest BCUT2D eigenvalue weighted by Crippen LogP contribution is -2.29. The average Bonchev–Trinajstić information content (AvgIpc) is 3.35. The molecule has 0 aliphatic heterocycles. The first-order valence-corrected chi connectivity index (χ1v) is 14.6. The van der Waals surface area contributed by atoms with Crippen molar-refractivity contribution >= 4 is 23.2 Å². The maximum absolute atomic E-state index is 12.7. The summed E-state index contributed by atoms with van der Waals surface area (Å²) in [6, 6.07) is 9.87. The zero-order valence-electron chi connectivity index (χ0n) is 21.8. The summed E-state index contributed by atoms with van der Waals surface area (Å²) in [6.07, 6.45) is 14.0. The van der Waals surface area contributed by atoms with E-state index in [9.17, 15) is 9.59 Å². The first-order chi connectivity index (χ1) is 17.5. The Hall–Kier alpha value is -2.34. The lowest BCUT2D eigenvalue weighted by molar-refractivity contribution is -0.137. The molecule has 1 amide bonds. The molecule has 2 aliphatic carbocycles. The third-order valence-electron chi connectivity index (χ3n) is 7.95. The van der Waals surface area contributed by atoms with Crippen molar-refractivity contribution in [1.82, 2.24) is 4.90 Å². The van der Waals surface area contributed by atoms with Gasteiger partial charge in [-0.15, -0.1) is 11.3 Å². The predicted octanol–water partition coefficient (Wildman–Crippen LogP) is 7.61. The summed E-state index contributed by atoms with van der Waals surface area (Å²) in [4.78, 5) is 28.0. The van der Waals surface area contributed by atoms with Gasteiger partial charge in [0.2, 0.25) is 0 Å². The highest BCUT2D eigenvalue weighted by atomic mass is 32.1. The molecular formula is C30H41NO4S. The number of rotatable bonds is 10. The Morgan fingerprint density at radius 2 is 1.67 bits per heavy atom. The van der Waals surface area contributed by atoms with Crippen molar-refractivity contribution in [2.75, 3.05) is 13.6 Å². The average molecular weight is 512 g/mol. The number of aryl methyl sites for hydroxylation is 1. The number of ether oxygens (including phenoxy) is 1. The molecule has 1 aromatic heterocycles. The van der Waals surface area contributed by atoms with Crippen LogP contribution in [0.4, 0.5) is 0 Å². The van der Waals surface area contributed by atoms with Gasteiger partial charge in [0.05, 0.1) is 6.42 Å². The van der Waals surface area contributed by atoms with Gasteiger partial charge >= 0.3 is 5.97 Å². The summed E-state index contributed by atoms with van der Waals surface area (Å²) in [5.41, 5.74) is 1.94. The molecule has 1 aromatic carbocycles. The van der Waals surface area contributed by atoms with E-state index in [4.69, 9.17) is 9.84 Å². The Bertz CT molecular complexity index is 1000. The fourth-order valence-corrected chi connectivity index (χ4v) is 7.14. The smallest absolute Gasteiger partial charge is 0.305 e. The number of aliphatic carboxylic acids is 1. The van der Waals surface area contributed by atoms with E-state index < -0.39 is 5.97 Å². The highest BCUT2D eigenvalue weighted by Crippen LogP contribution is 2.44. The number of hydrogen-bond acceptors (Lipinski definition) is 4. The van der Waals surface area contributed by atoms with Gasteiger partial charge in [-0.1, -0.05) is 45.4 Å². The van der Waals surface area contributed by atoms with Crippen LogP contribution in [0.25, 0.3) is 0 Å². The minimum Gasteiger partial charge on any atom is -0.485 e. The Morgan fingerprint density at radius 1 is 1.03 bits per heavy atom. The Kier molecular flexibility index (Phi) is 9.47. The molecule has 1 N–H and O–H groups in total. The van der Waals surface area contributed by atoms with Gasteiger partial charge in [-0.2, -0.15) is 0 Å². The standard InChI is InChI=1S/C30H41NO4S/c1-3-26-25(20-27(36-26)21-10-6-4-7-11-21)29(22-12-8-5-9-13-22)35-24-16-14-23(15-17-24)30(34)31(2)19-18-28(32)33/h14-17,20-22,29H,3-13,18-19H2,1-2H3,(H,32,33). The largest absolute Gasteiger partial charge is 0.485 e. The second-order valence-electron chi connectivity index (χ2n) is 10.5. The van der Waals surface area contributed by atoms with E-state index in [2.05, 4.69) is 13.0 Å². The van der Waals surface area contributed by atoms with Crippen LogP contribution in [0.5, 0.6) is 5.75 Å². The van der Waals surface area contributed by atoms with Gasteiger partial charge in [-0.25, -0.2) is 0 Å². The normalized spacial score (nSPS) is 18.1. The van der Waals surface area contributed by atoms with E-state index in [1.807, 2.05) is 23.5 Å². The van der Waals surface area contributed by atoms with Gasteiger partial charge in [0.15, 0.2) is 0 Å². The zero-order chi connectivity index (χ0) is 25.5. The van der Waals surface area contributed by atoms with Crippen LogP contribution in [0.1, 0.15) is 115 Å². The number of hydrogen-bond donors (Lipinski definition) is 1. The summed E-state index contributed by atoms with van der Waals surface area (Å²) in [7, 11) is 1.64. The number of carboxylic acids is 1. The number of carbonyl (C=O) groups is 2. The van der Waals surface area contributed by atoms with Gasteiger partial charge in [-0.3, -0.25) is 9.59 Å². The van der Waals surface area contributed by atoms with Crippen molar-refractivity contribution in [2.24, 2.45) is 5.92 Å². The third-order valence-corrected chi connectivity index (χ3v) is 9.40. The van der Waals surface area contributed by atoms with E-state index in [1.165, 1.54) is 79.5 Å². The molecule has 0 bridgehead atoms. The quantitative estimate of drug-likeness (QED) is 0.356. The Morgan fingerprint density at radius 3 is 2.28 bits per heavy atom. The van der Waals surface area contributed by atoms with Crippen LogP contribution in [0.15, 0.2) is 30.3 Å². The maximum atomic E-state index is 12.7. The fraction of sp³-hybridized carbons (Fsp3) is 0.600. The summed E-state index contributed by atoms with van der Waals surface area (Å²) in [6.45, 7) is 2.45. The molecule has 5 nitrogen and oxygen atoms in total. The van der Waals surface area contributed by atoms with Crippen molar-refractivity contribution in [3.8, 4) is 5.75 Å². The number of nitrogens with zero attached hydrogens (tertiary/aromatic N) is 1. The number of carbonyl (C=O) groups excluding carboxylic acids is 1. The zero-order valence-corrected chi connectivity index (χ0v) is 22.7. The highest BCUT2D eigenvalue weighted by molar-refractivity contribution is 7.12. The molecule has 36 heavy (non-hydrogen) atoms. The van der Waals surface area contributed by atoms with E-state index in [0.29, 0.717) is 17.4 Å². The van der Waals surface area contributed by atoms with E-state index in [1.54, 1.807) is 24.1 Å². The van der Waals surface area contributed by atoms with E-state index >= 15 is 0 Å². The molecule has 1 heterocycles. The van der Waals surface area contributed by atoms with Crippen LogP contribution in [0, 0.1) is 5.92 Å². The monoisotopic (exact) mass is 511 g/mol. The lowest BCUT2D eigenvalue weighted by atomic mass is 9.81. The van der Waals surface area contributed by atoms with Crippen LogP contribution in [0.2, 0.25) is 0 Å². The lowest BCUT2D eigenvalue weighted by Gasteiger charge is -2.31. The van der Waals surface area contributed by atoms with Gasteiger partial charge in [0, 0.05) is 40.4 Å². The Balaban J connectivity index is 1.54. The van der Waals surface area contributed by atoms with E-state index in [-0.39, 0.29) is 25.0 Å². The number of carboxylic acid groups (broad SMARTS) is 1. The second kappa shape index (κ2) is 12.8. The van der Waals surface area contributed by atoms with Crippen LogP contribution in [-0.2, 0) is 11.2 Å². The highest BCUT2D eigenvalue weighted by Gasteiger charge is 2.31. The summed E-state index contributed by atoms with van der Waals surface area (Å²) in [5.74, 6) is 0.941. The van der Waals surface area contributed by atoms with Crippen LogP contribution in [0.3, 0.4) is 0 Å². The van der Waals surface area contributed by atoms with Crippen LogP contribution in [-0.4, -0.2) is 35.5 Å². The molecule has 0 spiro atoms. The molecule has 6 heteroatoms. The van der Waals surface area contributed by atoms with Crippen LogP contribution >= 0.6 is 11.3 Å². The fourth-order valence-electron chi connectivity index (χ4n) is 5.83. The molecule has 2 aromatic rings. The van der Waals surface area contributed by atoms with Gasteiger partial charge in [0.1, 0.15) is 11.9 Å². The topological polar surface area (TPSA) is 66.8 Å². The van der Waals surface area contributed by atoms with Crippen molar-refractivity contribution in [2.45, 2.75) is 96.0 Å². The Labute approximate surface area is 219 Å². The SMILES string of the molecule is CCc1sc(C2CCCCC2)cc1C(Oc1ccc(C(=O)N(C)CCC(=O)O)cc1)C1CCCCC1. The molecule has 1 atom stereocenters. The minimum absolute atomic E-state index is 0.0497. The van der Waals surface area contributed by atoms with Crippen molar-refractivity contribution < 1.29 is 19.4 Å². The second-order valence-corrected chi connectivity index (χ2v) is 11.7. The molecule has 1 unspecified atom stereocenters. The van der Waals surface area contributed by atoms with E-state index in [0.717, 1.165) is 12.2 Å². The van der Waals surface area contributed by atoms with Gasteiger partial charge in [0.25, 0.3) is 5.91 Å². The van der Waals surface area contributed by atoms with Crippen molar-refractivity contribution in [1.29, 1.82) is 0 Å². The summed E-state index contributed by atoms with van der Waals surface area (Å²) >= 11 is 2.01. The first kappa shape index (κ1) is 26.7. The molecule has 0 radical (unpaired) electrons. The molecule has 2 saturated carbocycles. The van der Waals surface area contributed by atoms with Gasteiger partial charge < -0.3 is 14.7 Å². The number of thiophene rings is 1. The molecule has 0 saturated heterocycles. The third kappa shape index (κ3) is 6.70. The molecule has 196 valence electrons. The minimum atomic E-state index is -0.904. The summed E-state index contributed by atoms with van der Waals surface area (Å²) in [5, 5.41) is 8.90. The molecular weight excluding hydrogens is 470 g/mol. The molecule has 2 aliphatic rings. The van der Waals surface area contributed by atoms with Crippen LogP contribution < -0.4 is 4.74 Å². The van der Waals surface area contributed by atoms with Crippen molar-refractivity contribution in [3.05, 3.63) is 51.2 Å². The predicted molar refractivity (Wildman–Crippen MR) is 145 cm³/mol. The molecule has 4 rings (SSSR count).